The van der Waals surface area contributed by atoms with E-state index in [1.165, 1.54) is 10.5 Å². The average molecular weight is 324 g/mol. The van der Waals surface area contributed by atoms with E-state index in [1.54, 1.807) is 4.90 Å². The normalized spacial score (nSPS) is 19.9. The minimum atomic E-state index is -0.390. The molecule has 0 saturated carbocycles. The van der Waals surface area contributed by atoms with Crippen molar-refractivity contribution in [2.75, 3.05) is 0 Å². The number of rotatable bonds is 3. The number of amides is 3. The molecule has 4 rings (SSSR count). The predicted molar refractivity (Wildman–Crippen MR) is 88.2 cm³/mol. The van der Waals surface area contributed by atoms with E-state index in [4.69, 9.17) is 0 Å². The van der Waals surface area contributed by atoms with E-state index >= 15 is 0 Å². The topological polar surface area (TPSA) is 58.4 Å². The monoisotopic (exact) mass is 324 g/mol. The second-order valence-electron chi connectivity index (χ2n) is 6.68. The summed E-state index contributed by atoms with van der Waals surface area (Å²) in [5, 5.41) is 0. The van der Waals surface area contributed by atoms with Gasteiger partial charge >= 0.3 is 6.03 Å². The van der Waals surface area contributed by atoms with Crippen molar-refractivity contribution in [3.8, 4) is 0 Å². The summed E-state index contributed by atoms with van der Waals surface area (Å²) in [6.07, 6.45) is 2.35. The number of carbonyl (C=O) groups excluding carboxylic acids is 2. The first-order valence-electron chi connectivity index (χ1n) is 8.26. The van der Waals surface area contributed by atoms with Gasteiger partial charge in [-0.05, 0) is 19.4 Å². The van der Waals surface area contributed by atoms with Crippen LogP contribution >= 0.6 is 0 Å². The van der Waals surface area contributed by atoms with Crippen molar-refractivity contribution in [3.05, 3.63) is 53.6 Å². The zero-order chi connectivity index (χ0) is 16.8. The van der Waals surface area contributed by atoms with Crippen LogP contribution in [0, 0.1) is 0 Å². The summed E-state index contributed by atoms with van der Waals surface area (Å²) in [5.74, 6) is -0.0897. The van der Waals surface area contributed by atoms with E-state index in [1.807, 2.05) is 38.4 Å². The van der Waals surface area contributed by atoms with Gasteiger partial charge in [-0.2, -0.15) is 0 Å². The zero-order valence-electron chi connectivity index (χ0n) is 13.8. The molecule has 6 nitrogen and oxygen atoms in total. The molecule has 2 aromatic rings. The maximum absolute atomic E-state index is 12.6. The molecule has 1 fully saturated rings. The van der Waals surface area contributed by atoms with E-state index < -0.39 is 6.04 Å². The smallest absolute Gasteiger partial charge is 0.328 e. The fourth-order valence-corrected chi connectivity index (χ4v) is 3.59. The van der Waals surface area contributed by atoms with E-state index in [0.29, 0.717) is 13.0 Å². The van der Waals surface area contributed by atoms with Crippen molar-refractivity contribution < 1.29 is 9.59 Å². The number of carbonyl (C=O) groups is 2. The molecule has 2 aliphatic heterocycles. The van der Waals surface area contributed by atoms with Crippen LogP contribution in [0.3, 0.4) is 0 Å². The number of hydrogen-bond donors (Lipinski definition) is 0. The molecule has 1 atom stereocenters. The molecule has 0 spiro atoms. The number of hydrogen-bond acceptors (Lipinski definition) is 3. The molecule has 6 heteroatoms. The van der Waals surface area contributed by atoms with Gasteiger partial charge in [0.05, 0.1) is 18.6 Å². The van der Waals surface area contributed by atoms with Crippen molar-refractivity contribution >= 4 is 11.9 Å². The maximum atomic E-state index is 12.6. The third-order valence-electron chi connectivity index (χ3n) is 4.80. The Balaban J connectivity index is 1.63. The Morgan fingerprint density at radius 2 is 1.96 bits per heavy atom. The molecule has 24 heavy (non-hydrogen) atoms. The Hall–Kier alpha value is -2.63. The summed E-state index contributed by atoms with van der Waals surface area (Å²) in [6, 6.07) is 9.48. The molecular weight excluding hydrogens is 304 g/mol. The molecule has 0 N–H and O–H groups in total. The van der Waals surface area contributed by atoms with Gasteiger partial charge in [-0.1, -0.05) is 30.3 Å². The summed E-state index contributed by atoms with van der Waals surface area (Å²) in [4.78, 5) is 32.6. The minimum Gasteiger partial charge on any atom is -0.330 e. The molecular formula is C18H20N4O2. The predicted octanol–water partition coefficient (Wildman–Crippen LogP) is 2.03. The lowest BCUT2D eigenvalue weighted by atomic mass is 10.0. The van der Waals surface area contributed by atoms with Crippen LogP contribution < -0.4 is 0 Å². The van der Waals surface area contributed by atoms with Crippen LogP contribution in [-0.4, -0.2) is 43.4 Å². The highest BCUT2D eigenvalue weighted by molar-refractivity contribution is 6.04. The Kier molecular flexibility index (Phi) is 3.40. The molecule has 0 radical (unpaired) electrons. The quantitative estimate of drug-likeness (QED) is 0.812. The molecule has 2 aliphatic rings. The van der Waals surface area contributed by atoms with Crippen LogP contribution in [0.5, 0.6) is 0 Å². The molecule has 0 bridgehead atoms. The molecule has 3 amide bonds. The highest BCUT2D eigenvalue weighted by Gasteiger charge is 2.49. The van der Waals surface area contributed by atoms with Crippen LogP contribution in [0.25, 0.3) is 0 Å². The fraction of sp³-hybridized carbons (Fsp3) is 0.389. The van der Waals surface area contributed by atoms with Crippen LogP contribution in [0.15, 0.2) is 36.7 Å². The maximum Gasteiger partial charge on any atom is 0.328 e. The second-order valence-corrected chi connectivity index (χ2v) is 6.68. The van der Waals surface area contributed by atoms with Gasteiger partial charge in [0.25, 0.3) is 5.91 Å². The molecule has 1 saturated heterocycles. The summed E-state index contributed by atoms with van der Waals surface area (Å²) in [7, 11) is 0. The molecule has 1 aromatic heterocycles. The molecule has 1 aromatic carbocycles. The van der Waals surface area contributed by atoms with Crippen LogP contribution in [-0.2, 0) is 24.3 Å². The second kappa shape index (κ2) is 5.47. The molecule has 1 unspecified atom stereocenters. The SMILES string of the molecule is CC(C)N1C(=O)C2Cc3c(ncn3Cc3ccccc3)CN2C1=O. The molecule has 0 aliphatic carbocycles. The number of fused-ring (bicyclic) bond motifs is 2. The van der Waals surface area contributed by atoms with Crippen molar-refractivity contribution in [3.63, 3.8) is 0 Å². The summed E-state index contributed by atoms with van der Waals surface area (Å²) in [5.41, 5.74) is 3.15. The van der Waals surface area contributed by atoms with Crippen molar-refractivity contribution in [2.45, 2.75) is 45.4 Å². The Morgan fingerprint density at radius 3 is 2.67 bits per heavy atom. The molecule has 3 heterocycles. The number of nitrogens with zero attached hydrogens (tertiary/aromatic N) is 4. The largest absolute Gasteiger partial charge is 0.330 e. The zero-order valence-corrected chi connectivity index (χ0v) is 13.8. The van der Waals surface area contributed by atoms with Crippen LogP contribution in [0.4, 0.5) is 4.79 Å². The van der Waals surface area contributed by atoms with E-state index in [2.05, 4.69) is 21.7 Å². The standard InChI is InChI=1S/C18H20N4O2/c1-12(2)22-17(23)16-8-15-14(10-21(16)18(22)24)19-11-20(15)9-13-6-4-3-5-7-13/h3-7,11-12,16H,8-10H2,1-2H3. The van der Waals surface area contributed by atoms with Gasteiger partial charge in [0.2, 0.25) is 0 Å². The van der Waals surface area contributed by atoms with Gasteiger partial charge in [-0.15, -0.1) is 0 Å². The van der Waals surface area contributed by atoms with Crippen molar-refractivity contribution in [1.29, 1.82) is 0 Å². The third-order valence-corrected chi connectivity index (χ3v) is 4.80. The van der Waals surface area contributed by atoms with Gasteiger partial charge in [-0.3, -0.25) is 9.69 Å². The first-order valence-corrected chi connectivity index (χ1v) is 8.26. The highest BCUT2D eigenvalue weighted by Crippen LogP contribution is 2.30. The summed E-state index contributed by atoms with van der Waals surface area (Å²) >= 11 is 0. The Morgan fingerprint density at radius 1 is 1.21 bits per heavy atom. The van der Waals surface area contributed by atoms with Crippen molar-refractivity contribution in [1.82, 2.24) is 19.4 Å². The lowest BCUT2D eigenvalue weighted by Gasteiger charge is -2.27. The van der Waals surface area contributed by atoms with Crippen molar-refractivity contribution in [2.24, 2.45) is 0 Å². The highest BCUT2D eigenvalue weighted by atomic mass is 16.2. The first kappa shape index (κ1) is 14.9. The number of aromatic nitrogens is 2. The number of imide groups is 1. The average Bonchev–Trinajstić information content (AvgIpc) is 3.06. The minimum absolute atomic E-state index is 0.0897. The van der Waals surface area contributed by atoms with E-state index in [0.717, 1.165) is 17.9 Å². The summed E-state index contributed by atoms with van der Waals surface area (Å²) in [6.45, 7) is 4.88. The van der Waals surface area contributed by atoms with Crippen LogP contribution in [0.1, 0.15) is 30.8 Å². The lowest BCUT2D eigenvalue weighted by molar-refractivity contribution is -0.129. The van der Waals surface area contributed by atoms with Gasteiger partial charge in [0, 0.05) is 24.7 Å². The van der Waals surface area contributed by atoms with Gasteiger partial charge in [0.15, 0.2) is 0 Å². The van der Waals surface area contributed by atoms with Gasteiger partial charge < -0.3 is 9.47 Å². The number of urea groups is 1. The summed E-state index contributed by atoms with van der Waals surface area (Å²) < 4.78 is 2.10. The van der Waals surface area contributed by atoms with Gasteiger partial charge in [-0.25, -0.2) is 9.78 Å². The lowest BCUT2D eigenvalue weighted by Crippen LogP contribution is -2.40. The Labute approximate surface area is 140 Å². The Bertz CT molecular complexity index is 797. The van der Waals surface area contributed by atoms with E-state index in [9.17, 15) is 9.59 Å². The van der Waals surface area contributed by atoms with E-state index in [-0.39, 0.29) is 18.0 Å². The number of benzene rings is 1. The fourth-order valence-electron chi connectivity index (χ4n) is 3.59. The molecule has 124 valence electrons. The third kappa shape index (κ3) is 2.21. The first-order chi connectivity index (χ1) is 11.6. The van der Waals surface area contributed by atoms with Gasteiger partial charge in [0.1, 0.15) is 6.04 Å². The van der Waals surface area contributed by atoms with Crippen LogP contribution in [0.2, 0.25) is 0 Å². The number of imidazole rings is 1.